The number of cyclic esters (lactones) is 1. The Hall–Kier alpha value is -1.32. The van der Waals surface area contributed by atoms with Crippen molar-refractivity contribution >= 4 is 11.9 Å². The van der Waals surface area contributed by atoms with E-state index in [4.69, 9.17) is 9.47 Å². The molecule has 0 aromatic carbocycles. The molecule has 4 heteroatoms. The first-order valence-corrected chi connectivity index (χ1v) is 6.05. The molecular formula is C13H16O4. The van der Waals surface area contributed by atoms with Crippen LogP contribution in [-0.2, 0) is 19.1 Å². The van der Waals surface area contributed by atoms with E-state index in [-0.39, 0.29) is 29.4 Å². The number of carbonyl (C=O) groups is 2. The first-order valence-electron chi connectivity index (χ1n) is 6.05. The zero-order chi connectivity index (χ0) is 12.2. The molecule has 0 radical (unpaired) electrons. The van der Waals surface area contributed by atoms with Gasteiger partial charge in [0.2, 0.25) is 0 Å². The first-order chi connectivity index (χ1) is 8.02. The summed E-state index contributed by atoms with van der Waals surface area (Å²) in [5.74, 6) is 0.00125. The number of carbonyl (C=O) groups excluding carboxylic acids is 2. The van der Waals surface area contributed by atoms with Crippen LogP contribution in [0.1, 0.15) is 26.2 Å². The number of fused-ring (bicyclic) bond motifs is 1. The van der Waals surface area contributed by atoms with Gasteiger partial charge in [-0.15, -0.1) is 0 Å². The van der Waals surface area contributed by atoms with Gasteiger partial charge < -0.3 is 9.47 Å². The van der Waals surface area contributed by atoms with E-state index >= 15 is 0 Å². The van der Waals surface area contributed by atoms with Crippen LogP contribution < -0.4 is 0 Å². The molecule has 0 aromatic heterocycles. The Morgan fingerprint density at radius 2 is 2.29 bits per heavy atom. The smallest absolute Gasteiger partial charge is 0.333 e. The van der Waals surface area contributed by atoms with E-state index in [0.717, 1.165) is 19.3 Å². The van der Waals surface area contributed by atoms with Crippen LogP contribution in [0.5, 0.6) is 0 Å². The number of ether oxygens (including phenoxy) is 2. The van der Waals surface area contributed by atoms with Crippen molar-refractivity contribution in [1.29, 1.82) is 0 Å². The summed E-state index contributed by atoms with van der Waals surface area (Å²) in [4.78, 5) is 23.0. The van der Waals surface area contributed by atoms with E-state index in [9.17, 15) is 9.59 Å². The van der Waals surface area contributed by atoms with Gasteiger partial charge in [0.05, 0.1) is 12.5 Å². The lowest BCUT2D eigenvalue weighted by molar-refractivity contribution is -0.148. The highest BCUT2D eigenvalue weighted by Gasteiger charge is 2.64. The average molecular weight is 236 g/mol. The zero-order valence-electron chi connectivity index (χ0n) is 9.90. The third-order valence-corrected chi connectivity index (χ3v) is 4.47. The Balaban J connectivity index is 1.72. The summed E-state index contributed by atoms with van der Waals surface area (Å²) in [6, 6.07) is 0. The minimum absolute atomic E-state index is 0.0399. The average Bonchev–Trinajstić information content (AvgIpc) is 2.88. The van der Waals surface area contributed by atoms with Crippen LogP contribution in [0.15, 0.2) is 12.2 Å². The van der Waals surface area contributed by atoms with Gasteiger partial charge in [0.15, 0.2) is 0 Å². The predicted octanol–water partition coefficient (Wildman–Crippen LogP) is 1.45. The molecule has 3 rings (SSSR count). The molecule has 0 amide bonds. The van der Waals surface area contributed by atoms with Gasteiger partial charge >= 0.3 is 11.9 Å². The fourth-order valence-electron chi connectivity index (χ4n) is 3.63. The van der Waals surface area contributed by atoms with Gasteiger partial charge in [-0.25, -0.2) is 4.79 Å². The molecular weight excluding hydrogens is 220 g/mol. The van der Waals surface area contributed by atoms with Crippen LogP contribution in [0.3, 0.4) is 0 Å². The molecule has 4 atom stereocenters. The molecule has 1 saturated heterocycles. The highest BCUT2D eigenvalue weighted by Crippen LogP contribution is 2.61. The van der Waals surface area contributed by atoms with Crippen molar-refractivity contribution in [2.45, 2.75) is 32.3 Å². The van der Waals surface area contributed by atoms with E-state index in [1.807, 2.05) is 0 Å². The van der Waals surface area contributed by atoms with E-state index in [0.29, 0.717) is 18.1 Å². The minimum atomic E-state index is -0.319. The van der Waals surface area contributed by atoms with Gasteiger partial charge in [-0.3, -0.25) is 4.79 Å². The SMILES string of the molecule is C=C(C)C(=O)OC1CC23COC(=O)C2CC1C3. The summed E-state index contributed by atoms with van der Waals surface area (Å²) < 4.78 is 10.6. The highest BCUT2D eigenvalue weighted by atomic mass is 16.6. The van der Waals surface area contributed by atoms with E-state index in [2.05, 4.69) is 6.58 Å². The molecule has 92 valence electrons. The molecule has 2 saturated carbocycles. The molecule has 3 aliphatic rings. The quantitative estimate of drug-likeness (QED) is 0.538. The Kier molecular flexibility index (Phi) is 2.12. The molecule has 2 bridgehead atoms. The maximum atomic E-state index is 11.5. The zero-order valence-corrected chi connectivity index (χ0v) is 9.90. The Morgan fingerprint density at radius 3 is 3.00 bits per heavy atom. The number of rotatable bonds is 2. The summed E-state index contributed by atoms with van der Waals surface area (Å²) in [5.41, 5.74) is 0.391. The largest absolute Gasteiger partial charge is 0.465 e. The molecule has 0 N–H and O–H groups in total. The van der Waals surface area contributed by atoms with Crippen molar-refractivity contribution in [3.05, 3.63) is 12.2 Å². The molecule has 1 heterocycles. The summed E-state index contributed by atoms with van der Waals surface area (Å²) in [7, 11) is 0. The van der Waals surface area contributed by atoms with Crippen LogP contribution >= 0.6 is 0 Å². The number of hydrogen-bond acceptors (Lipinski definition) is 4. The molecule has 1 aliphatic heterocycles. The fraction of sp³-hybridized carbons (Fsp3) is 0.692. The summed E-state index contributed by atoms with van der Waals surface area (Å²) >= 11 is 0. The van der Waals surface area contributed by atoms with E-state index in [1.165, 1.54) is 0 Å². The van der Waals surface area contributed by atoms with Crippen molar-refractivity contribution in [3.63, 3.8) is 0 Å². The normalized spacial score (nSPS) is 42.2. The van der Waals surface area contributed by atoms with Gasteiger partial charge in [-0.05, 0) is 32.1 Å². The van der Waals surface area contributed by atoms with Crippen LogP contribution in [0.2, 0.25) is 0 Å². The monoisotopic (exact) mass is 236 g/mol. The standard InChI is InChI=1S/C13H16O4/c1-7(2)11(14)17-10-5-13-4-8(10)3-9(13)12(15)16-6-13/h8-10H,1,3-6H2,2H3. The number of hydrogen-bond donors (Lipinski definition) is 0. The van der Waals surface area contributed by atoms with Gasteiger partial charge in [-0.2, -0.15) is 0 Å². The van der Waals surface area contributed by atoms with Crippen molar-refractivity contribution in [2.24, 2.45) is 17.3 Å². The van der Waals surface area contributed by atoms with E-state index in [1.54, 1.807) is 6.92 Å². The molecule has 0 aromatic rings. The Bertz CT molecular complexity index is 414. The van der Waals surface area contributed by atoms with E-state index < -0.39 is 0 Å². The second-order valence-corrected chi connectivity index (χ2v) is 5.65. The molecule has 2 aliphatic carbocycles. The van der Waals surface area contributed by atoms with Crippen molar-refractivity contribution in [3.8, 4) is 0 Å². The summed E-state index contributed by atoms with van der Waals surface area (Å²) in [5, 5.41) is 0. The lowest BCUT2D eigenvalue weighted by Crippen LogP contribution is -2.33. The van der Waals surface area contributed by atoms with Gasteiger partial charge in [0.1, 0.15) is 6.10 Å². The van der Waals surface area contributed by atoms with Crippen LogP contribution in [0.4, 0.5) is 0 Å². The van der Waals surface area contributed by atoms with Crippen molar-refractivity contribution < 1.29 is 19.1 Å². The Morgan fingerprint density at radius 1 is 1.53 bits per heavy atom. The molecule has 4 nitrogen and oxygen atoms in total. The topological polar surface area (TPSA) is 52.6 Å². The summed E-state index contributed by atoms with van der Waals surface area (Å²) in [6.07, 6.45) is 2.49. The molecule has 3 fully saturated rings. The molecule has 17 heavy (non-hydrogen) atoms. The third-order valence-electron chi connectivity index (χ3n) is 4.47. The maximum absolute atomic E-state index is 11.5. The van der Waals surface area contributed by atoms with Crippen LogP contribution in [0, 0.1) is 17.3 Å². The molecule has 4 unspecified atom stereocenters. The van der Waals surface area contributed by atoms with Gasteiger partial charge in [-0.1, -0.05) is 6.58 Å². The van der Waals surface area contributed by atoms with Gasteiger partial charge in [0.25, 0.3) is 0 Å². The second kappa shape index (κ2) is 3.34. The third kappa shape index (κ3) is 1.43. The Labute approximate surface area is 100.0 Å². The lowest BCUT2D eigenvalue weighted by Gasteiger charge is -2.28. The molecule has 1 spiro atoms. The minimum Gasteiger partial charge on any atom is -0.465 e. The lowest BCUT2D eigenvalue weighted by atomic mass is 9.77. The van der Waals surface area contributed by atoms with Crippen molar-refractivity contribution in [2.75, 3.05) is 6.61 Å². The van der Waals surface area contributed by atoms with Crippen LogP contribution in [-0.4, -0.2) is 24.6 Å². The highest BCUT2D eigenvalue weighted by molar-refractivity contribution is 5.87. The first kappa shape index (κ1) is 10.8. The van der Waals surface area contributed by atoms with Crippen molar-refractivity contribution in [1.82, 2.24) is 0 Å². The maximum Gasteiger partial charge on any atom is 0.333 e. The van der Waals surface area contributed by atoms with Crippen LogP contribution in [0.25, 0.3) is 0 Å². The summed E-state index contributed by atoms with van der Waals surface area (Å²) in [6.45, 7) is 5.74. The predicted molar refractivity (Wildman–Crippen MR) is 58.9 cm³/mol. The second-order valence-electron chi connectivity index (χ2n) is 5.65. The fourth-order valence-corrected chi connectivity index (χ4v) is 3.63. The van der Waals surface area contributed by atoms with Gasteiger partial charge in [0, 0.05) is 11.0 Å². The number of esters is 2.